The maximum Gasteiger partial charge on any atom is 0.306 e. The molecule has 4 aliphatic rings. The van der Waals surface area contributed by atoms with Crippen LogP contribution >= 0.6 is 0 Å². The Hall–Kier alpha value is -2.12. The number of aliphatic hydroxyl groups excluding tert-OH is 1. The Bertz CT molecular complexity index is 768. The van der Waals surface area contributed by atoms with Crippen molar-refractivity contribution in [2.75, 3.05) is 26.4 Å². The van der Waals surface area contributed by atoms with Crippen LogP contribution in [0.25, 0.3) is 0 Å². The molecule has 4 fully saturated rings. The molecular weight excluding hydrogens is 444 g/mol. The Labute approximate surface area is 189 Å². The van der Waals surface area contributed by atoms with Crippen LogP contribution in [0.2, 0.25) is 0 Å². The minimum atomic E-state index is -0.743. The molecular formula is C21H28O12. The van der Waals surface area contributed by atoms with Gasteiger partial charge < -0.3 is 43.1 Å². The molecule has 4 aliphatic heterocycles. The first-order valence-corrected chi connectivity index (χ1v) is 11.0. The van der Waals surface area contributed by atoms with Gasteiger partial charge in [0.1, 0.15) is 36.3 Å². The van der Waals surface area contributed by atoms with Crippen LogP contribution < -0.4 is 0 Å². The van der Waals surface area contributed by atoms with Gasteiger partial charge in [-0.15, -0.1) is 0 Å². The number of carbonyl (C=O) groups is 4. The van der Waals surface area contributed by atoms with Crippen LogP contribution in [0.1, 0.15) is 32.6 Å². The van der Waals surface area contributed by atoms with Gasteiger partial charge in [0.25, 0.3) is 0 Å². The van der Waals surface area contributed by atoms with Crippen LogP contribution in [0, 0.1) is 0 Å². The number of carbonyl (C=O) groups excluding carboxylic acids is 4. The molecule has 0 unspecified atom stereocenters. The van der Waals surface area contributed by atoms with E-state index in [-0.39, 0.29) is 57.9 Å². The van der Waals surface area contributed by atoms with Crippen LogP contribution in [0.4, 0.5) is 0 Å². The summed E-state index contributed by atoms with van der Waals surface area (Å²) in [6.07, 6.45) is -5.13. The van der Waals surface area contributed by atoms with E-state index in [4.69, 9.17) is 33.2 Å². The number of aliphatic hydroxyl groups is 1. The van der Waals surface area contributed by atoms with E-state index < -0.39 is 66.7 Å². The monoisotopic (exact) mass is 472 g/mol. The standard InChI is InChI=1S/C21H28O12/c1-10(22)2-3-15(24)32-13-8-29-21-14(9-30-20(13)21)33-17(26)5-4-16(25)31-12-7-28-18-11(23)6-27-19(12)18/h11-14,18-21,23H,2-9H2,1H3/t11-,12+,13+,14-,18-,19-,20-,21-/m1/s1. The lowest BCUT2D eigenvalue weighted by molar-refractivity contribution is -0.161. The number of rotatable bonds is 9. The normalized spacial score (nSPS) is 36.8. The number of Topliss-reactive ketones (excluding diaryl/α,β-unsaturated/α-hetero) is 1. The zero-order valence-electron chi connectivity index (χ0n) is 18.2. The van der Waals surface area contributed by atoms with Crippen LogP contribution in [0.3, 0.4) is 0 Å². The van der Waals surface area contributed by atoms with Gasteiger partial charge in [-0.1, -0.05) is 0 Å². The van der Waals surface area contributed by atoms with Crippen molar-refractivity contribution in [2.24, 2.45) is 0 Å². The third-order valence-electron chi connectivity index (χ3n) is 6.01. The summed E-state index contributed by atoms with van der Waals surface area (Å²) < 4.78 is 38.1. The smallest absolute Gasteiger partial charge is 0.306 e. The van der Waals surface area contributed by atoms with Crippen molar-refractivity contribution in [2.45, 2.75) is 81.4 Å². The summed E-state index contributed by atoms with van der Waals surface area (Å²) in [7, 11) is 0. The van der Waals surface area contributed by atoms with Crippen molar-refractivity contribution in [1.82, 2.24) is 0 Å². The molecule has 8 atom stereocenters. The largest absolute Gasteiger partial charge is 0.457 e. The first-order valence-electron chi connectivity index (χ1n) is 11.0. The van der Waals surface area contributed by atoms with Gasteiger partial charge >= 0.3 is 17.9 Å². The third-order valence-corrected chi connectivity index (χ3v) is 6.01. The fourth-order valence-corrected chi connectivity index (χ4v) is 4.34. The fourth-order valence-electron chi connectivity index (χ4n) is 4.34. The molecule has 4 rings (SSSR count). The molecule has 4 heterocycles. The summed E-state index contributed by atoms with van der Waals surface area (Å²) >= 11 is 0. The van der Waals surface area contributed by atoms with Crippen molar-refractivity contribution in [3.8, 4) is 0 Å². The van der Waals surface area contributed by atoms with Crippen molar-refractivity contribution in [1.29, 1.82) is 0 Å². The quantitative estimate of drug-likeness (QED) is 0.318. The molecule has 4 saturated heterocycles. The predicted octanol–water partition coefficient (Wildman–Crippen LogP) is -1.17. The molecule has 0 bridgehead atoms. The zero-order valence-corrected chi connectivity index (χ0v) is 18.2. The van der Waals surface area contributed by atoms with E-state index in [1.807, 2.05) is 0 Å². The van der Waals surface area contributed by atoms with Gasteiger partial charge in [0, 0.05) is 6.42 Å². The summed E-state index contributed by atoms with van der Waals surface area (Å²) in [5.74, 6) is -1.83. The predicted molar refractivity (Wildman–Crippen MR) is 104 cm³/mol. The summed E-state index contributed by atoms with van der Waals surface area (Å²) in [5, 5.41) is 9.72. The van der Waals surface area contributed by atoms with Crippen LogP contribution in [-0.4, -0.2) is 104 Å². The van der Waals surface area contributed by atoms with Crippen molar-refractivity contribution in [3.05, 3.63) is 0 Å². The molecule has 33 heavy (non-hydrogen) atoms. The molecule has 0 saturated carbocycles. The Morgan fingerprint density at radius 3 is 1.45 bits per heavy atom. The lowest BCUT2D eigenvalue weighted by Gasteiger charge is -2.18. The highest BCUT2D eigenvalue weighted by molar-refractivity contribution is 5.81. The minimum Gasteiger partial charge on any atom is -0.457 e. The second kappa shape index (κ2) is 10.4. The fraction of sp³-hybridized carbons (Fsp3) is 0.810. The molecule has 0 aromatic carbocycles. The Morgan fingerprint density at radius 2 is 1.00 bits per heavy atom. The van der Waals surface area contributed by atoms with Gasteiger partial charge in [0.2, 0.25) is 0 Å². The van der Waals surface area contributed by atoms with E-state index in [0.29, 0.717) is 0 Å². The van der Waals surface area contributed by atoms with E-state index in [1.54, 1.807) is 0 Å². The van der Waals surface area contributed by atoms with Gasteiger partial charge in [0.05, 0.1) is 45.7 Å². The first-order chi connectivity index (χ1) is 15.8. The van der Waals surface area contributed by atoms with Gasteiger partial charge in [0.15, 0.2) is 18.3 Å². The molecule has 0 spiro atoms. The second-order valence-electron chi connectivity index (χ2n) is 8.55. The summed E-state index contributed by atoms with van der Waals surface area (Å²) in [4.78, 5) is 47.2. The SMILES string of the molecule is CC(=O)CCC(=O)O[C@H]1CO[C@H]2[C@@H]1OC[C@H]2OC(=O)CCC(=O)O[C@H]1CO[C@H]2[C@@H]1OC[C@H]2O. The van der Waals surface area contributed by atoms with E-state index in [9.17, 15) is 24.3 Å². The van der Waals surface area contributed by atoms with Crippen molar-refractivity contribution >= 4 is 23.7 Å². The molecule has 12 nitrogen and oxygen atoms in total. The first kappa shape index (κ1) is 24.0. The highest BCUT2D eigenvalue weighted by Crippen LogP contribution is 2.31. The maximum absolute atomic E-state index is 12.2. The molecule has 1 N–H and O–H groups in total. The highest BCUT2D eigenvalue weighted by Gasteiger charge is 2.51. The highest BCUT2D eigenvalue weighted by atomic mass is 16.7. The van der Waals surface area contributed by atoms with E-state index in [0.717, 1.165) is 0 Å². The van der Waals surface area contributed by atoms with Gasteiger partial charge in [-0.3, -0.25) is 14.4 Å². The number of fused-ring (bicyclic) bond motifs is 2. The average molecular weight is 472 g/mol. The second-order valence-corrected chi connectivity index (χ2v) is 8.55. The van der Waals surface area contributed by atoms with E-state index in [2.05, 4.69) is 0 Å². The number of ether oxygens (including phenoxy) is 7. The molecule has 184 valence electrons. The molecule has 0 aliphatic carbocycles. The average Bonchev–Trinajstić information content (AvgIpc) is 3.52. The van der Waals surface area contributed by atoms with E-state index in [1.165, 1.54) is 6.92 Å². The molecule has 0 aromatic heterocycles. The lowest BCUT2D eigenvalue weighted by atomic mass is 10.1. The molecule has 12 heteroatoms. The maximum atomic E-state index is 12.2. The summed E-state index contributed by atoms with van der Waals surface area (Å²) in [6, 6.07) is 0. The van der Waals surface area contributed by atoms with Crippen molar-refractivity contribution in [3.63, 3.8) is 0 Å². The van der Waals surface area contributed by atoms with Gasteiger partial charge in [-0.25, -0.2) is 0 Å². The van der Waals surface area contributed by atoms with Crippen LogP contribution in [0.5, 0.6) is 0 Å². The van der Waals surface area contributed by atoms with Crippen molar-refractivity contribution < 1.29 is 57.4 Å². The number of esters is 3. The molecule has 0 amide bonds. The van der Waals surface area contributed by atoms with E-state index >= 15 is 0 Å². The number of hydrogen-bond acceptors (Lipinski definition) is 12. The number of ketones is 1. The third kappa shape index (κ3) is 5.69. The van der Waals surface area contributed by atoms with Gasteiger partial charge in [-0.2, -0.15) is 0 Å². The lowest BCUT2D eigenvalue weighted by Crippen LogP contribution is -2.36. The number of hydrogen-bond donors (Lipinski definition) is 1. The Morgan fingerprint density at radius 1 is 0.636 bits per heavy atom. The topological polar surface area (TPSA) is 153 Å². The Kier molecular flexibility index (Phi) is 7.59. The zero-order chi connectivity index (χ0) is 23.5. The Balaban J connectivity index is 1.16. The molecule has 0 radical (unpaired) electrons. The minimum absolute atomic E-state index is 0.0151. The molecule has 0 aromatic rings. The van der Waals surface area contributed by atoms with Gasteiger partial charge in [-0.05, 0) is 6.92 Å². The summed E-state index contributed by atoms with van der Waals surface area (Å²) in [6.45, 7) is 1.83. The van der Waals surface area contributed by atoms with Crippen LogP contribution in [-0.2, 0) is 52.3 Å². The summed E-state index contributed by atoms with van der Waals surface area (Å²) in [5.41, 5.74) is 0. The van der Waals surface area contributed by atoms with Crippen LogP contribution in [0.15, 0.2) is 0 Å².